The number of fused-ring (bicyclic) bond motifs is 1. The van der Waals surface area contributed by atoms with Gasteiger partial charge in [0, 0.05) is 49.9 Å². The SMILES string of the molecule is COc1ccc(C[C@H](NC(=O)Nc2ccc3c(CN4CCC4)cn(Cc4ccc(F)cc4)c3c2)C(=O)N[C@@H](CCCN=C(N)N)C(=O)NCc2ccccc2)cc1. The predicted octanol–water partition coefficient (Wildman–Crippen LogP) is 4.63. The van der Waals surface area contributed by atoms with E-state index >= 15 is 0 Å². The average molecular weight is 776 g/mol. The lowest BCUT2D eigenvalue weighted by Crippen LogP contribution is -2.55. The summed E-state index contributed by atoms with van der Waals surface area (Å²) in [5.41, 5.74) is 16.2. The van der Waals surface area contributed by atoms with E-state index in [0.717, 1.165) is 47.2 Å². The highest BCUT2D eigenvalue weighted by molar-refractivity contribution is 5.97. The molecule has 0 spiro atoms. The molecule has 4 aromatic carbocycles. The number of nitrogens with two attached hydrogens (primary N) is 2. The smallest absolute Gasteiger partial charge is 0.319 e. The van der Waals surface area contributed by atoms with Gasteiger partial charge in [-0.2, -0.15) is 0 Å². The fourth-order valence-electron chi connectivity index (χ4n) is 6.75. The van der Waals surface area contributed by atoms with E-state index in [1.165, 1.54) is 24.1 Å². The molecule has 2 atom stereocenters. The van der Waals surface area contributed by atoms with Gasteiger partial charge in [-0.05, 0) is 91.0 Å². The summed E-state index contributed by atoms with van der Waals surface area (Å²) in [5, 5.41) is 12.6. The van der Waals surface area contributed by atoms with Crippen molar-refractivity contribution in [1.82, 2.24) is 25.4 Å². The van der Waals surface area contributed by atoms with E-state index in [1.54, 1.807) is 31.4 Å². The van der Waals surface area contributed by atoms with Crippen LogP contribution in [0.5, 0.6) is 5.75 Å². The maximum Gasteiger partial charge on any atom is 0.319 e. The van der Waals surface area contributed by atoms with Crippen molar-refractivity contribution in [2.24, 2.45) is 16.5 Å². The molecule has 4 amide bonds. The first-order chi connectivity index (χ1) is 27.6. The Bertz CT molecular complexity index is 2150. The van der Waals surface area contributed by atoms with Gasteiger partial charge in [-0.3, -0.25) is 19.5 Å². The minimum absolute atomic E-state index is 0.0637. The molecule has 298 valence electrons. The van der Waals surface area contributed by atoms with Gasteiger partial charge < -0.3 is 42.0 Å². The Labute approximate surface area is 331 Å². The maximum absolute atomic E-state index is 14.1. The first kappa shape index (κ1) is 40.3. The Morgan fingerprint density at radius 1 is 0.842 bits per heavy atom. The lowest BCUT2D eigenvalue weighted by molar-refractivity contribution is -0.130. The molecule has 14 heteroatoms. The van der Waals surface area contributed by atoms with Gasteiger partial charge in [0.25, 0.3) is 0 Å². The number of benzene rings is 4. The van der Waals surface area contributed by atoms with Crippen LogP contribution in [0.2, 0.25) is 0 Å². The number of halogens is 1. The molecule has 57 heavy (non-hydrogen) atoms. The second kappa shape index (κ2) is 19.4. The molecule has 1 aliphatic heterocycles. The average Bonchev–Trinajstić information content (AvgIpc) is 3.53. The van der Waals surface area contributed by atoms with Crippen molar-refractivity contribution < 1.29 is 23.5 Å². The van der Waals surface area contributed by atoms with Gasteiger partial charge in [0.1, 0.15) is 23.7 Å². The summed E-state index contributed by atoms with van der Waals surface area (Å²) in [7, 11) is 1.57. The van der Waals surface area contributed by atoms with Gasteiger partial charge >= 0.3 is 6.03 Å². The van der Waals surface area contributed by atoms with Crippen molar-refractivity contribution in [1.29, 1.82) is 0 Å². The zero-order valence-corrected chi connectivity index (χ0v) is 32.0. The number of likely N-dealkylation sites (tertiary alicyclic amines) is 1. The number of aromatic nitrogens is 1. The van der Waals surface area contributed by atoms with Crippen LogP contribution in [0.15, 0.2) is 108 Å². The number of hydrogen-bond acceptors (Lipinski definition) is 6. The highest BCUT2D eigenvalue weighted by Gasteiger charge is 2.27. The molecule has 1 saturated heterocycles. The number of rotatable bonds is 18. The van der Waals surface area contributed by atoms with Crippen LogP contribution in [0.3, 0.4) is 0 Å². The van der Waals surface area contributed by atoms with E-state index in [1.807, 2.05) is 60.7 Å². The molecule has 5 aromatic rings. The molecule has 6 rings (SSSR count). The largest absolute Gasteiger partial charge is 0.497 e. The summed E-state index contributed by atoms with van der Waals surface area (Å²) >= 11 is 0. The molecule has 13 nitrogen and oxygen atoms in total. The molecular formula is C43H50FN9O4. The quantitative estimate of drug-likeness (QED) is 0.0427. The van der Waals surface area contributed by atoms with E-state index < -0.39 is 24.0 Å². The molecular weight excluding hydrogens is 726 g/mol. The normalized spacial score (nSPS) is 13.5. The number of guanidine groups is 1. The highest BCUT2D eigenvalue weighted by atomic mass is 19.1. The second-order valence-corrected chi connectivity index (χ2v) is 14.2. The molecule has 8 N–H and O–H groups in total. The summed E-state index contributed by atoms with van der Waals surface area (Å²) in [6, 6.07) is 26.2. The zero-order valence-electron chi connectivity index (χ0n) is 32.0. The molecule has 1 fully saturated rings. The van der Waals surface area contributed by atoms with Gasteiger partial charge in [0.2, 0.25) is 11.8 Å². The van der Waals surface area contributed by atoms with Crippen LogP contribution in [-0.4, -0.2) is 72.1 Å². The Morgan fingerprint density at radius 3 is 2.26 bits per heavy atom. The van der Waals surface area contributed by atoms with E-state index in [2.05, 4.69) is 41.9 Å². The molecule has 0 bridgehead atoms. The molecule has 1 aliphatic rings. The number of carbonyl (C=O) groups is 3. The third-order valence-corrected chi connectivity index (χ3v) is 9.94. The number of aliphatic imine (C=N–C) groups is 1. The Morgan fingerprint density at radius 2 is 1.58 bits per heavy atom. The first-order valence-electron chi connectivity index (χ1n) is 19.1. The standard InChI is InChI=1S/C43H50FN9O4/c1-57-35-17-12-29(13-18-35)23-38(41(55)50-37(9-5-20-47-42(45)46)40(54)48-25-30-7-3-2-4-8-30)51-43(56)49-34-16-19-36-32(27-52-21-6-22-52)28-53(39(36)24-34)26-31-10-14-33(44)15-11-31/h2-4,7-8,10-19,24,28,37-38H,5-6,9,20-23,25-27H2,1H3,(H,48,54)(H,50,55)(H4,45,46,47)(H2,49,51,56)/t37-,38-/m0/s1. The summed E-state index contributed by atoms with van der Waals surface area (Å²) in [5.74, 6) is -0.632. The van der Waals surface area contributed by atoms with Crippen molar-refractivity contribution >= 4 is 40.4 Å². The van der Waals surface area contributed by atoms with Gasteiger partial charge in [0.15, 0.2) is 5.96 Å². The van der Waals surface area contributed by atoms with Crippen molar-refractivity contribution in [3.8, 4) is 5.75 Å². The second-order valence-electron chi connectivity index (χ2n) is 14.2. The lowest BCUT2D eigenvalue weighted by Gasteiger charge is -2.30. The number of carbonyl (C=O) groups excluding carboxylic acids is 3. The number of nitrogens with one attached hydrogen (secondary N) is 4. The number of amides is 4. The van der Waals surface area contributed by atoms with Crippen LogP contribution >= 0.6 is 0 Å². The molecule has 0 saturated carbocycles. The number of ether oxygens (including phenoxy) is 1. The van der Waals surface area contributed by atoms with Crippen molar-refractivity contribution in [2.45, 2.75) is 57.4 Å². The molecule has 1 aromatic heterocycles. The third kappa shape index (κ3) is 11.6. The Balaban J connectivity index is 1.20. The van der Waals surface area contributed by atoms with Gasteiger partial charge in [-0.1, -0.05) is 60.7 Å². The Kier molecular flexibility index (Phi) is 13.7. The summed E-state index contributed by atoms with van der Waals surface area (Å²) in [4.78, 5) is 47.7. The Hall–Kier alpha value is -6.41. The van der Waals surface area contributed by atoms with Crippen LogP contribution in [0.4, 0.5) is 14.9 Å². The van der Waals surface area contributed by atoms with Gasteiger partial charge in [-0.25, -0.2) is 9.18 Å². The fraction of sp³-hybridized carbons (Fsp3) is 0.302. The van der Waals surface area contributed by atoms with Gasteiger partial charge in [-0.15, -0.1) is 0 Å². The van der Waals surface area contributed by atoms with Crippen molar-refractivity contribution in [3.05, 3.63) is 131 Å². The van der Waals surface area contributed by atoms with Crippen LogP contribution in [0.1, 0.15) is 41.5 Å². The van der Waals surface area contributed by atoms with Crippen LogP contribution in [0, 0.1) is 5.82 Å². The highest BCUT2D eigenvalue weighted by Crippen LogP contribution is 2.28. The number of anilines is 1. The van der Waals surface area contributed by atoms with Crippen LogP contribution in [0.25, 0.3) is 10.9 Å². The predicted molar refractivity (Wildman–Crippen MR) is 220 cm³/mol. The summed E-state index contributed by atoms with van der Waals surface area (Å²) in [6.45, 7) is 3.96. The number of urea groups is 1. The molecule has 0 unspecified atom stereocenters. The van der Waals surface area contributed by atoms with Crippen LogP contribution in [-0.2, 0) is 35.6 Å². The van der Waals surface area contributed by atoms with E-state index in [4.69, 9.17) is 16.2 Å². The number of nitrogens with zero attached hydrogens (tertiary/aromatic N) is 3. The molecule has 2 heterocycles. The third-order valence-electron chi connectivity index (χ3n) is 9.94. The summed E-state index contributed by atoms with van der Waals surface area (Å²) < 4.78 is 21.1. The topological polar surface area (TPSA) is 181 Å². The van der Waals surface area contributed by atoms with Crippen molar-refractivity contribution in [2.75, 3.05) is 32.1 Å². The minimum atomic E-state index is -1.06. The molecule has 0 aliphatic carbocycles. The molecule has 0 radical (unpaired) electrons. The van der Waals surface area contributed by atoms with E-state index in [-0.39, 0.29) is 43.6 Å². The van der Waals surface area contributed by atoms with E-state index in [0.29, 0.717) is 24.4 Å². The fourth-order valence-corrected chi connectivity index (χ4v) is 6.75. The zero-order chi connectivity index (χ0) is 40.1. The van der Waals surface area contributed by atoms with Crippen LogP contribution < -0.4 is 37.5 Å². The monoisotopic (exact) mass is 775 g/mol. The lowest BCUT2D eigenvalue weighted by atomic mass is 10.0. The van der Waals surface area contributed by atoms with E-state index in [9.17, 15) is 18.8 Å². The van der Waals surface area contributed by atoms with Crippen molar-refractivity contribution in [3.63, 3.8) is 0 Å². The number of hydrogen-bond donors (Lipinski definition) is 6. The summed E-state index contributed by atoms with van der Waals surface area (Å²) in [6.07, 6.45) is 4.10. The first-order valence-corrected chi connectivity index (χ1v) is 19.1. The minimum Gasteiger partial charge on any atom is -0.497 e. The number of methoxy groups -OCH3 is 1. The maximum atomic E-state index is 14.1. The van der Waals surface area contributed by atoms with Gasteiger partial charge in [0.05, 0.1) is 12.6 Å².